The van der Waals surface area contributed by atoms with Gasteiger partial charge in [0.25, 0.3) is 0 Å². The average molecular weight is 281 g/mol. The van der Waals surface area contributed by atoms with Crippen LogP contribution in [0.4, 0.5) is 4.39 Å². The van der Waals surface area contributed by atoms with Gasteiger partial charge in [0.05, 0.1) is 12.1 Å². The molecule has 1 N–H and O–H groups in total. The highest BCUT2D eigenvalue weighted by Gasteiger charge is 2.06. The first-order chi connectivity index (χ1) is 9.22. The molecule has 2 aromatic rings. The molecule has 5 heteroatoms. The largest absolute Gasteiger partial charge is 0.481 e. The number of hydrogen-bond donors (Lipinski definition) is 1. The van der Waals surface area contributed by atoms with Crippen molar-refractivity contribution in [3.63, 3.8) is 0 Å². The van der Waals surface area contributed by atoms with E-state index in [9.17, 15) is 4.39 Å². The van der Waals surface area contributed by atoms with Crippen LogP contribution in [-0.2, 0) is 13.1 Å². The van der Waals surface area contributed by atoms with E-state index in [0.29, 0.717) is 19.0 Å². The third kappa shape index (κ3) is 3.43. The van der Waals surface area contributed by atoms with Gasteiger partial charge in [0.15, 0.2) is 0 Å². The van der Waals surface area contributed by atoms with E-state index in [-0.39, 0.29) is 5.02 Å². The van der Waals surface area contributed by atoms with Crippen molar-refractivity contribution in [1.82, 2.24) is 10.3 Å². The first-order valence-corrected chi connectivity index (χ1v) is 6.21. The molecule has 0 atom stereocenters. The monoisotopic (exact) mass is 280 g/mol. The van der Waals surface area contributed by atoms with Gasteiger partial charge >= 0.3 is 0 Å². The molecule has 2 rings (SSSR count). The number of rotatable bonds is 5. The van der Waals surface area contributed by atoms with Gasteiger partial charge in [-0.3, -0.25) is 0 Å². The van der Waals surface area contributed by atoms with Crippen molar-refractivity contribution >= 4 is 11.6 Å². The fourth-order valence-corrected chi connectivity index (χ4v) is 1.95. The molecule has 0 aliphatic heterocycles. The second-order valence-corrected chi connectivity index (χ2v) is 4.37. The second-order valence-electron chi connectivity index (χ2n) is 3.99. The molecule has 1 aromatic carbocycles. The number of nitrogens with one attached hydrogen (secondary N) is 1. The highest BCUT2D eigenvalue weighted by molar-refractivity contribution is 6.31. The van der Waals surface area contributed by atoms with Crippen LogP contribution in [-0.4, -0.2) is 12.1 Å². The van der Waals surface area contributed by atoms with Gasteiger partial charge in [-0.1, -0.05) is 29.8 Å². The van der Waals surface area contributed by atoms with Gasteiger partial charge < -0.3 is 10.1 Å². The van der Waals surface area contributed by atoms with Gasteiger partial charge in [-0.15, -0.1) is 0 Å². The summed E-state index contributed by atoms with van der Waals surface area (Å²) in [5.74, 6) is 0.181. The van der Waals surface area contributed by atoms with Crippen LogP contribution >= 0.6 is 11.6 Å². The third-order valence-electron chi connectivity index (χ3n) is 2.71. The molecule has 100 valence electrons. The lowest BCUT2D eigenvalue weighted by Gasteiger charge is -2.09. The fraction of sp³-hybridized carbons (Fsp3) is 0.214. The van der Waals surface area contributed by atoms with Gasteiger partial charge in [-0.05, 0) is 17.7 Å². The minimum absolute atomic E-state index is 0.160. The molecule has 1 heterocycles. The van der Waals surface area contributed by atoms with Crippen LogP contribution in [0.15, 0.2) is 36.5 Å². The molecule has 0 aliphatic rings. The number of ether oxygens (including phenoxy) is 1. The van der Waals surface area contributed by atoms with E-state index in [1.54, 1.807) is 25.4 Å². The first-order valence-electron chi connectivity index (χ1n) is 5.84. The Balaban J connectivity index is 1.98. The lowest BCUT2D eigenvalue weighted by molar-refractivity contribution is 0.390. The zero-order valence-corrected chi connectivity index (χ0v) is 11.2. The molecule has 0 saturated heterocycles. The summed E-state index contributed by atoms with van der Waals surface area (Å²) in [7, 11) is 1.58. The lowest BCUT2D eigenvalue weighted by atomic mass is 10.2. The van der Waals surface area contributed by atoms with Crippen molar-refractivity contribution in [2.24, 2.45) is 0 Å². The smallest absolute Gasteiger partial charge is 0.217 e. The quantitative estimate of drug-likeness (QED) is 0.913. The van der Waals surface area contributed by atoms with Gasteiger partial charge in [-0.2, -0.15) is 0 Å². The number of halogens is 2. The van der Waals surface area contributed by atoms with Crippen molar-refractivity contribution in [3.05, 3.63) is 58.5 Å². The maximum Gasteiger partial charge on any atom is 0.217 e. The fourth-order valence-electron chi connectivity index (χ4n) is 1.76. The summed E-state index contributed by atoms with van der Waals surface area (Å²) in [6.45, 7) is 1.05. The van der Waals surface area contributed by atoms with Crippen molar-refractivity contribution in [1.29, 1.82) is 0 Å². The highest BCUT2D eigenvalue weighted by Crippen LogP contribution is 2.20. The Bertz CT molecular complexity index is 563. The second kappa shape index (κ2) is 6.50. The molecule has 0 amide bonds. The summed E-state index contributed by atoms with van der Waals surface area (Å²) in [5, 5.41) is 3.35. The van der Waals surface area contributed by atoms with Crippen LogP contribution in [0.1, 0.15) is 11.1 Å². The summed E-state index contributed by atoms with van der Waals surface area (Å²) in [4.78, 5) is 4.11. The zero-order valence-electron chi connectivity index (χ0n) is 10.5. The summed E-state index contributed by atoms with van der Waals surface area (Å²) >= 11 is 5.88. The van der Waals surface area contributed by atoms with Gasteiger partial charge in [0, 0.05) is 24.8 Å². The Morgan fingerprint density at radius 2 is 1.95 bits per heavy atom. The molecule has 0 spiro atoms. The van der Waals surface area contributed by atoms with E-state index in [1.807, 2.05) is 12.1 Å². The molecule has 0 radical (unpaired) electrons. The Morgan fingerprint density at radius 1 is 1.21 bits per heavy atom. The Hall–Kier alpha value is -1.65. The minimum Gasteiger partial charge on any atom is -0.481 e. The van der Waals surface area contributed by atoms with Gasteiger partial charge in [0.2, 0.25) is 5.88 Å². The van der Waals surface area contributed by atoms with Crippen LogP contribution in [0.2, 0.25) is 5.02 Å². The molecular formula is C14H14ClFN2O. The standard InChI is InChI=1S/C14H14ClFN2O/c1-19-14-11(5-3-7-18-14)9-17-8-10-4-2-6-12(16)13(10)15/h2-7,17H,8-9H2,1H3. The number of pyridine rings is 1. The van der Waals surface area contributed by atoms with Crippen LogP contribution in [0.25, 0.3) is 0 Å². The van der Waals surface area contributed by atoms with Gasteiger partial charge in [0.1, 0.15) is 5.82 Å². The number of hydrogen-bond acceptors (Lipinski definition) is 3. The normalized spacial score (nSPS) is 10.5. The molecule has 0 bridgehead atoms. The molecule has 1 aromatic heterocycles. The lowest BCUT2D eigenvalue weighted by Crippen LogP contribution is -2.14. The van der Waals surface area contributed by atoms with Crippen LogP contribution in [0.5, 0.6) is 5.88 Å². The molecule has 0 saturated carbocycles. The molecule has 19 heavy (non-hydrogen) atoms. The molecule has 0 aliphatic carbocycles. The number of benzene rings is 1. The van der Waals surface area contributed by atoms with Crippen molar-refractivity contribution in [2.75, 3.05) is 7.11 Å². The third-order valence-corrected chi connectivity index (χ3v) is 3.13. The molecule has 3 nitrogen and oxygen atoms in total. The average Bonchev–Trinajstić information content (AvgIpc) is 2.44. The number of nitrogens with zero attached hydrogens (tertiary/aromatic N) is 1. The van der Waals surface area contributed by atoms with Crippen molar-refractivity contribution in [2.45, 2.75) is 13.1 Å². The molecular weight excluding hydrogens is 267 g/mol. The Kier molecular flexibility index (Phi) is 4.71. The summed E-state index contributed by atoms with van der Waals surface area (Å²) in [5.41, 5.74) is 1.67. The van der Waals surface area contributed by atoms with E-state index in [1.165, 1.54) is 6.07 Å². The summed E-state index contributed by atoms with van der Waals surface area (Å²) < 4.78 is 18.4. The maximum absolute atomic E-state index is 13.3. The molecule has 0 unspecified atom stereocenters. The highest BCUT2D eigenvalue weighted by atomic mass is 35.5. The van der Waals surface area contributed by atoms with E-state index in [4.69, 9.17) is 16.3 Å². The Labute approximate surface area is 116 Å². The Morgan fingerprint density at radius 3 is 2.74 bits per heavy atom. The predicted molar refractivity (Wildman–Crippen MR) is 72.7 cm³/mol. The SMILES string of the molecule is COc1ncccc1CNCc1cccc(F)c1Cl. The van der Waals surface area contributed by atoms with E-state index in [0.717, 1.165) is 11.1 Å². The minimum atomic E-state index is -0.403. The van der Waals surface area contributed by atoms with Crippen LogP contribution in [0, 0.1) is 5.82 Å². The maximum atomic E-state index is 13.3. The predicted octanol–water partition coefficient (Wildman–Crippen LogP) is 3.17. The van der Waals surface area contributed by atoms with E-state index in [2.05, 4.69) is 10.3 Å². The van der Waals surface area contributed by atoms with Gasteiger partial charge in [-0.25, -0.2) is 9.37 Å². The van der Waals surface area contributed by atoms with E-state index >= 15 is 0 Å². The topological polar surface area (TPSA) is 34.1 Å². The molecule has 0 fully saturated rings. The first kappa shape index (κ1) is 13.8. The zero-order chi connectivity index (χ0) is 13.7. The van der Waals surface area contributed by atoms with Crippen LogP contribution in [0.3, 0.4) is 0 Å². The summed E-state index contributed by atoms with van der Waals surface area (Å²) in [6, 6.07) is 8.54. The van der Waals surface area contributed by atoms with Crippen molar-refractivity contribution < 1.29 is 9.13 Å². The van der Waals surface area contributed by atoms with Crippen molar-refractivity contribution in [3.8, 4) is 5.88 Å². The van der Waals surface area contributed by atoms with Crippen LogP contribution < -0.4 is 10.1 Å². The van der Waals surface area contributed by atoms with E-state index < -0.39 is 5.82 Å². The summed E-state index contributed by atoms with van der Waals surface area (Å²) in [6.07, 6.45) is 1.67. The number of aromatic nitrogens is 1. The number of methoxy groups -OCH3 is 1.